The molecule has 0 N–H and O–H groups in total. The molecule has 4 heteroatoms. The van der Waals surface area contributed by atoms with Crippen molar-refractivity contribution in [3.05, 3.63) is 112 Å². The highest BCUT2D eigenvalue weighted by atomic mass is 16.1. The van der Waals surface area contributed by atoms with Gasteiger partial charge in [0.25, 0.3) is 5.56 Å². The summed E-state index contributed by atoms with van der Waals surface area (Å²) in [6, 6.07) is 25.1. The number of fused-ring (bicyclic) bond motifs is 3. The maximum Gasteiger partial charge on any atom is 0.277 e. The molecule has 3 aromatic carbocycles. The highest BCUT2D eigenvalue weighted by molar-refractivity contribution is 6.05. The summed E-state index contributed by atoms with van der Waals surface area (Å²) in [5.74, 6) is 0.213. The molecule has 0 fully saturated rings. The van der Waals surface area contributed by atoms with Crippen LogP contribution in [-0.4, -0.2) is 14.1 Å². The predicted octanol–water partition coefficient (Wildman–Crippen LogP) is 5.82. The molecule has 1 atom stereocenters. The molecular weight excluding hydrogens is 394 g/mol. The lowest BCUT2D eigenvalue weighted by atomic mass is 10.0. The van der Waals surface area contributed by atoms with Gasteiger partial charge in [0.15, 0.2) is 0 Å². The monoisotopic (exact) mass is 421 g/mol. The second kappa shape index (κ2) is 8.12. The molecule has 0 aliphatic heterocycles. The molecule has 0 radical (unpaired) electrons. The summed E-state index contributed by atoms with van der Waals surface area (Å²) in [5, 5.41) is 1.04. The first-order valence-electron chi connectivity index (χ1n) is 11.1. The van der Waals surface area contributed by atoms with E-state index in [0.29, 0.717) is 18.6 Å². The normalized spacial score (nSPS) is 12.5. The second-order valence-electron chi connectivity index (χ2n) is 8.81. The molecule has 0 saturated heterocycles. The largest absolute Gasteiger partial charge is 0.330 e. The molecule has 0 aliphatic rings. The van der Waals surface area contributed by atoms with Crippen molar-refractivity contribution in [3.63, 3.8) is 0 Å². The molecule has 5 rings (SSSR count). The Balaban J connectivity index is 1.67. The van der Waals surface area contributed by atoms with E-state index in [4.69, 9.17) is 4.98 Å². The minimum absolute atomic E-state index is 0.0132. The first kappa shape index (κ1) is 20.3. The van der Waals surface area contributed by atoms with Gasteiger partial charge in [-0.25, -0.2) is 4.98 Å². The van der Waals surface area contributed by atoms with Crippen molar-refractivity contribution < 1.29 is 0 Å². The van der Waals surface area contributed by atoms with Crippen molar-refractivity contribution in [1.29, 1.82) is 0 Å². The molecule has 0 spiro atoms. The van der Waals surface area contributed by atoms with Gasteiger partial charge < -0.3 is 4.57 Å². The third-order valence-corrected chi connectivity index (χ3v) is 6.24. The Morgan fingerprint density at radius 2 is 1.69 bits per heavy atom. The van der Waals surface area contributed by atoms with Gasteiger partial charge in [-0.3, -0.25) is 9.36 Å². The molecule has 0 aliphatic carbocycles. The number of aryl methyl sites for hydroxylation is 2. The molecule has 2 aromatic heterocycles. The van der Waals surface area contributed by atoms with Gasteiger partial charge in [-0.15, -0.1) is 0 Å². The SMILES string of the molecule is Cc1cccc(Cn2c3ccc(C)cc3c3ncn(C[C@@H](C)c4ccccc4)c(=O)c32)c1. The maximum atomic E-state index is 13.7. The zero-order valence-corrected chi connectivity index (χ0v) is 18.7. The van der Waals surface area contributed by atoms with Gasteiger partial charge in [0.1, 0.15) is 11.0 Å². The predicted molar refractivity (Wildman–Crippen MR) is 131 cm³/mol. The van der Waals surface area contributed by atoms with Crippen molar-refractivity contribution in [2.45, 2.75) is 39.8 Å². The number of hydrogen-bond donors (Lipinski definition) is 0. The number of hydrogen-bond acceptors (Lipinski definition) is 2. The minimum atomic E-state index is 0.0132. The van der Waals surface area contributed by atoms with E-state index in [-0.39, 0.29) is 11.5 Å². The first-order chi connectivity index (χ1) is 15.5. The Morgan fingerprint density at radius 3 is 2.47 bits per heavy atom. The Bertz CT molecular complexity index is 1480. The molecule has 0 bridgehead atoms. The second-order valence-corrected chi connectivity index (χ2v) is 8.81. The summed E-state index contributed by atoms with van der Waals surface area (Å²) in [7, 11) is 0. The highest BCUT2D eigenvalue weighted by Gasteiger charge is 2.18. The molecule has 2 heterocycles. The van der Waals surface area contributed by atoms with Crippen LogP contribution in [0.25, 0.3) is 21.9 Å². The Morgan fingerprint density at radius 1 is 0.906 bits per heavy atom. The van der Waals surface area contributed by atoms with Crippen molar-refractivity contribution >= 4 is 21.9 Å². The van der Waals surface area contributed by atoms with E-state index < -0.39 is 0 Å². The van der Waals surface area contributed by atoms with Crippen molar-refractivity contribution in [1.82, 2.24) is 14.1 Å². The summed E-state index contributed by atoms with van der Waals surface area (Å²) in [5.41, 5.74) is 7.29. The highest BCUT2D eigenvalue weighted by Crippen LogP contribution is 2.28. The molecule has 4 nitrogen and oxygen atoms in total. The molecule has 5 aromatic rings. The fourth-order valence-corrected chi connectivity index (χ4v) is 4.58. The standard InChI is InChI=1S/C28H27N3O/c1-19-8-7-9-22(14-19)17-31-25-13-12-20(2)15-24(25)26-27(31)28(32)30(18-29-26)16-21(3)23-10-5-4-6-11-23/h4-15,18,21H,16-17H2,1-3H3/t21-/m1/s1. The van der Waals surface area contributed by atoms with Crippen molar-refractivity contribution in [2.24, 2.45) is 0 Å². The number of nitrogens with zero attached hydrogens (tertiary/aromatic N) is 3. The number of aromatic nitrogens is 3. The Kier molecular flexibility index (Phi) is 5.14. The average molecular weight is 422 g/mol. The van der Waals surface area contributed by atoms with Gasteiger partial charge in [0, 0.05) is 18.5 Å². The number of rotatable bonds is 5. The van der Waals surface area contributed by atoms with E-state index in [0.717, 1.165) is 22.0 Å². The number of benzene rings is 3. The lowest BCUT2D eigenvalue weighted by Crippen LogP contribution is -2.24. The fourth-order valence-electron chi connectivity index (χ4n) is 4.58. The van der Waals surface area contributed by atoms with Gasteiger partial charge in [-0.2, -0.15) is 0 Å². The molecule has 0 saturated carbocycles. The van der Waals surface area contributed by atoms with Crippen LogP contribution in [0.15, 0.2) is 83.9 Å². The van der Waals surface area contributed by atoms with Crippen LogP contribution in [0.3, 0.4) is 0 Å². The first-order valence-corrected chi connectivity index (χ1v) is 11.1. The maximum absolute atomic E-state index is 13.7. The van der Waals surface area contributed by atoms with E-state index in [1.165, 1.54) is 16.7 Å². The molecule has 0 unspecified atom stereocenters. The van der Waals surface area contributed by atoms with Crippen LogP contribution in [0.2, 0.25) is 0 Å². The Hall–Kier alpha value is -3.66. The summed E-state index contributed by atoms with van der Waals surface area (Å²) >= 11 is 0. The van der Waals surface area contributed by atoms with Gasteiger partial charge in [-0.1, -0.05) is 78.7 Å². The van der Waals surface area contributed by atoms with Crippen molar-refractivity contribution in [2.75, 3.05) is 0 Å². The van der Waals surface area contributed by atoms with Crippen LogP contribution >= 0.6 is 0 Å². The van der Waals surface area contributed by atoms with E-state index in [1.54, 1.807) is 10.9 Å². The lowest BCUT2D eigenvalue weighted by Gasteiger charge is -2.14. The smallest absolute Gasteiger partial charge is 0.277 e. The zero-order chi connectivity index (χ0) is 22.2. The minimum Gasteiger partial charge on any atom is -0.330 e. The van der Waals surface area contributed by atoms with E-state index in [1.807, 2.05) is 18.2 Å². The third-order valence-electron chi connectivity index (χ3n) is 6.24. The average Bonchev–Trinajstić information content (AvgIpc) is 3.09. The van der Waals surface area contributed by atoms with Gasteiger partial charge in [0.05, 0.1) is 11.8 Å². The van der Waals surface area contributed by atoms with Crippen LogP contribution < -0.4 is 5.56 Å². The molecule has 32 heavy (non-hydrogen) atoms. The van der Waals surface area contributed by atoms with Crippen LogP contribution in [0.4, 0.5) is 0 Å². The van der Waals surface area contributed by atoms with Crippen molar-refractivity contribution in [3.8, 4) is 0 Å². The van der Waals surface area contributed by atoms with E-state index in [2.05, 4.69) is 79.9 Å². The van der Waals surface area contributed by atoms with Gasteiger partial charge in [-0.05, 0) is 43.0 Å². The summed E-state index contributed by atoms with van der Waals surface area (Å²) in [6.07, 6.45) is 1.71. The molecule has 160 valence electrons. The van der Waals surface area contributed by atoms with E-state index >= 15 is 0 Å². The van der Waals surface area contributed by atoms with Gasteiger partial charge >= 0.3 is 0 Å². The fraction of sp³-hybridized carbons (Fsp3) is 0.214. The third kappa shape index (κ3) is 3.62. The lowest BCUT2D eigenvalue weighted by molar-refractivity contribution is 0.575. The summed E-state index contributed by atoms with van der Waals surface area (Å²) in [6.45, 7) is 7.55. The van der Waals surface area contributed by atoms with Crippen LogP contribution in [0, 0.1) is 13.8 Å². The summed E-state index contributed by atoms with van der Waals surface area (Å²) < 4.78 is 3.90. The molecule has 0 amide bonds. The van der Waals surface area contributed by atoms with E-state index in [9.17, 15) is 4.79 Å². The van der Waals surface area contributed by atoms with Crippen LogP contribution in [-0.2, 0) is 13.1 Å². The van der Waals surface area contributed by atoms with Crippen LogP contribution in [0.1, 0.15) is 35.1 Å². The van der Waals surface area contributed by atoms with Gasteiger partial charge in [0.2, 0.25) is 0 Å². The summed E-state index contributed by atoms with van der Waals surface area (Å²) in [4.78, 5) is 18.5. The quantitative estimate of drug-likeness (QED) is 0.359. The topological polar surface area (TPSA) is 39.8 Å². The zero-order valence-electron chi connectivity index (χ0n) is 18.7. The van der Waals surface area contributed by atoms with Crippen LogP contribution in [0.5, 0.6) is 0 Å². The molecular formula is C28H27N3O. The Labute approximate surface area is 187 Å².